The van der Waals surface area contributed by atoms with Gasteiger partial charge in [-0.2, -0.15) is 0 Å². The average molecular weight is 1250 g/mol. The molecule has 0 spiro atoms. The molecule has 19 heteroatoms. The quantitative estimate of drug-likeness (QED) is 0.0169. The summed E-state index contributed by atoms with van der Waals surface area (Å²) in [4.78, 5) is 72.2. The Labute approximate surface area is 516 Å². The van der Waals surface area contributed by atoms with Crippen LogP contribution < -0.4 is 0 Å². The van der Waals surface area contributed by atoms with E-state index in [0.29, 0.717) is 25.7 Å². The molecule has 0 aliphatic heterocycles. The van der Waals surface area contributed by atoms with Gasteiger partial charge in [0.1, 0.15) is 19.3 Å². The Morgan fingerprint density at radius 3 is 0.859 bits per heavy atom. The third kappa shape index (κ3) is 60.2. The summed E-state index contributed by atoms with van der Waals surface area (Å²) in [5, 5.41) is 10.5. The van der Waals surface area contributed by atoms with E-state index in [0.717, 1.165) is 109 Å². The van der Waals surface area contributed by atoms with Crippen molar-refractivity contribution in [2.24, 2.45) is 0 Å². The molecule has 0 aliphatic carbocycles. The zero-order chi connectivity index (χ0) is 62.6. The Morgan fingerprint density at radius 1 is 0.329 bits per heavy atom. The Kier molecular flexibility index (Phi) is 58.7. The van der Waals surface area contributed by atoms with Crippen LogP contribution >= 0.6 is 15.6 Å². The first-order chi connectivity index (χ1) is 41.2. The van der Waals surface area contributed by atoms with Gasteiger partial charge >= 0.3 is 39.5 Å². The van der Waals surface area contributed by atoms with Crippen molar-refractivity contribution < 1.29 is 80.2 Å². The van der Waals surface area contributed by atoms with Crippen LogP contribution in [0, 0.1) is 0 Å². The molecule has 0 saturated carbocycles. The molecule has 0 aromatic rings. The van der Waals surface area contributed by atoms with Gasteiger partial charge in [-0.3, -0.25) is 37.3 Å². The van der Waals surface area contributed by atoms with Crippen molar-refractivity contribution in [3.63, 3.8) is 0 Å². The summed E-state index contributed by atoms with van der Waals surface area (Å²) in [6, 6.07) is 0. The number of carbonyl (C=O) groups excluding carboxylic acids is 4. The lowest BCUT2D eigenvalue weighted by atomic mass is 10.0. The second kappa shape index (κ2) is 60.5. The first-order valence-corrected chi connectivity index (χ1v) is 37.1. The van der Waals surface area contributed by atoms with Crippen LogP contribution in [0.5, 0.6) is 0 Å². The highest BCUT2D eigenvalue weighted by atomic mass is 31.2. The number of hydrogen-bond donors (Lipinski definition) is 3. The minimum Gasteiger partial charge on any atom is -0.462 e. The predicted octanol–water partition coefficient (Wildman–Crippen LogP) is 18.3. The summed E-state index contributed by atoms with van der Waals surface area (Å²) in [5.74, 6) is -2.16. The van der Waals surface area contributed by atoms with Crippen molar-refractivity contribution in [2.75, 3.05) is 39.6 Å². The van der Waals surface area contributed by atoms with E-state index in [9.17, 15) is 43.2 Å². The van der Waals surface area contributed by atoms with E-state index >= 15 is 0 Å². The Balaban J connectivity index is 5.25. The number of aliphatic hydroxyl groups is 1. The van der Waals surface area contributed by atoms with Crippen LogP contribution in [-0.4, -0.2) is 96.7 Å². The van der Waals surface area contributed by atoms with Gasteiger partial charge in [-0.1, -0.05) is 264 Å². The van der Waals surface area contributed by atoms with E-state index in [-0.39, 0.29) is 25.7 Å². The van der Waals surface area contributed by atoms with Gasteiger partial charge < -0.3 is 33.8 Å². The van der Waals surface area contributed by atoms with Crippen LogP contribution in [0.3, 0.4) is 0 Å². The highest BCUT2D eigenvalue weighted by molar-refractivity contribution is 7.47. The predicted molar refractivity (Wildman–Crippen MR) is 340 cm³/mol. The first-order valence-electron chi connectivity index (χ1n) is 34.1. The third-order valence-corrected chi connectivity index (χ3v) is 16.6. The van der Waals surface area contributed by atoms with Gasteiger partial charge in [0, 0.05) is 25.7 Å². The van der Waals surface area contributed by atoms with E-state index in [1.807, 2.05) is 0 Å². The molecule has 0 radical (unpaired) electrons. The summed E-state index contributed by atoms with van der Waals surface area (Å²) in [7, 11) is -9.90. The van der Waals surface area contributed by atoms with Gasteiger partial charge in [0.2, 0.25) is 0 Å². The summed E-state index contributed by atoms with van der Waals surface area (Å²) < 4.78 is 67.9. The van der Waals surface area contributed by atoms with Crippen LogP contribution in [0.1, 0.15) is 317 Å². The normalized spacial score (nSPS) is 14.3. The van der Waals surface area contributed by atoms with Crippen molar-refractivity contribution in [1.82, 2.24) is 0 Å². The minimum absolute atomic E-state index is 0.0856. The fourth-order valence-corrected chi connectivity index (χ4v) is 11.0. The molecule has 17 nitrogen and oxygen atoms in total. The van der Waals surface area contributed by atoms with Crippen LogP contribution in [-0.2, 0) is 65.4 Å². The van der Waals surface area contributed by atoms with E-state index in [1.165, 1.54) is 128 Å². The van der Waals surface area contributed by atoms with Crippen LogP contribution in [0.25, 0.3) is 0 Å². The second-order valence-electron chi connectivity index (χ2n) is 23.2. The maximum atomic E-state index is 13.0. The lowest BCUT2D eigenvalue weighted by Crippen LogP contribution is -2.30. The second-order valence-corrected chi connectivity index (χ2v) is 26.1. The molecule has 0 aromatic heterocycles. The standard InChI is InChI=1S/C66H124O17P2/c1-5-9-13-17-21-25-27-29-30-32-34-37-41-45-49-53-66(71)83-62(57-77-64(69)51-47-43-39-36-33-31-28-26-22-18-14-10-6-2)59-81-85(74,75)79-55-60(67)54-78-84(72,73)80-58-61(56-76-63(68)50-46-42-38-24-20-16-12-8-4)82-65(70)52-48-44-40-35-23-19-15-11-7-3/h25,27,29-30,60-62,67H,5-24,26,28,31-59H2,1-4H3,(H,72,73)(H,74,75)/b27-25-,30-29-/t60-,61+,62+/m0/s1. The number of aliphatic hydroxyl groups excluding tert-OH is 1. The van der Waals surface area contributed by atoms with Crippen molar-refractivity contribution in [3.8, 4) is 0 Å². The van der Waals surface area contributed by atoms with Gasteiger partial charge in [-0.25, -0.2) is 9.13 Å². The van der Waals surface area contributed by atoms with Crippen LogP contribution in [0.4, 0.5) is 0 Å². The molecule has 2 unspecified atom stereocenters. The van der Waals surface area contributed by atoms with Gasteiger partial charge in [-0.15, -0.1) is 0 Å². The largest absolute Gasteiger partial charge is 0.472 e. The van der Waals surface area contributed by atoms with Crippen molar-refractivity contribution >= 4 is 39.5 Å². The zero-order valence-electron chi connectivity index (χ0n) is 54.1. The van der Waals surface area contributed by atoms with E-state index < -0.39 is 97.5 Å². The fraction of sp³-hybridized carbons (Fsp3) is 0.879. The molecule has 0 rings (SSSR count). The highest BCUT2D eigenvalue weighted by Crippen LogP contribution is 2.45. The molecule has 0 amide bonds. The third-order valence-electron chi connectivity index (χ3n) is 14.7. The molecule has 85 heavy (non-hydrogen) atoms. The van der Waals surface area contributed by atoms with Gasteiger partial charge in [0.15, 0.2) is 12.2 Å². The smallest absolute Gasteiger partial charge is 0.462 e. The Morgan fingerprint density at radius 2 is 0.565 bits per heavy atom. The molecule has 0 saturated heterocycles. The molecule has 0 aromatic carbocycles. The Bertz CT molecular complexity index is 1730. The number of allylic oxidation sites excluding steroid dienone is 4. The Hall–Kier alpha value is -2.46. The first kappa shape index (κ1) is 82.5. The number of phosphoric acid groups is 2. The molecule has 500 valence electrons. The number of esters is 4. The number of phosphoric ester groups is 2. The van der Waals surface area contributed by atoms with E-state index in [2.05, 4.69) is 52.0 Å². The molecule has 3 N–H and O–H groups in total. The highest BCUT2D eigenvalue weighted by Gasteiger charge is 2.30. The summed E-state index contributed by atoms with van der Waals surface area (Å²) in [6.07, 6.45) is 49.4. The van der Waals surface area contributed by atoms with E-state index in [4.69, 9.17) is 37.0 Å². The van der Waals surface area contributed by atoms with Gasteiger partial charge in [0.25, 0.3) is 0 Å². The summed E-state index contributed by atoms with van der Waals surface area (Å²) in [6.45, 7) is 4.80. The minimum atomic E-state index is -4.95. The van der Waals surface area contributed by atoms with Gasteiger partial charge in [0.05, 0.1) is 26.4 Å². The SMILES string of the molecule is CCCCCC/C=C\C=C/CCCCCCCC(=O)O[C@H](COC(=O)CCCCCCCCCCCCCCC)COP(=O)(O)OC[C@@H](O)COP(=O)(O)OC[C@@H](COC(=O)CCCCCCCCCC)OC(=O)CCCCCCCCCCC. The van der Waals surface area contributed by atoms with Gasteiger partial charge in [-0.05, 0) is 51.4 Å². The summed E-state index contributed by atoms with van der Waals surface area (Å²) in [5.41, 5.74) is 0. The monoisotopic (exact) mass is 1250 g/mol. The lowest BCUT2D eigenvalue weighted by Gasteiger charge is -2.21. The molecule has 0 fully saturated rings. The average Bonchev–Trinajstić information content (AvgIpc) is 3.52. The van der Waals surface area contributed by atoms with Crippen molar-refractivity contribution in [2.45, 2.75) is 335 Å². The maximum Gasteiger partial charge on any atom is 0.472 e. The molecular weight excluding hydrogens is 1130 g/mol. The van der Waals surface area contributed by atoms with Crippen molar-refractivity contribution in [3.05, 3.63) is 24.3 Å². The molecule has 5 atom stereocenters. The molecule has 0 bridgehead atoms. The number of ether oxygens (including phenoxy) is 4. The number of hydrogen-bond acceptors (Lipinski definition) is 15. The van der Waals surface area contributed by atoms with Crippen molar-refractivity contribution in [1.29, 1.82) is 0 Å². The van der Waals surface area contributed by atoms with E-state index in [1.54, 1.807) is 0 Å². The number of carbonyl (C=O) groups is 4. The zero-order valence-corrected chi connectivity index (χ0v) is 55.8. The molecule has 0 heterocycles. The number of rotatable bonds is 65. The maximum absolute atomic E-state index is 13.0. The lowest BCUT2D eigenvalue weighted by molar-refractivity contribution is -0.161. The topological polar surface area (TPSA) is 237 Å². The van der Waals surface area contributed by atoms with Crippen LogP contribution in [0.2, 0.25) is 0 Å². The molecule has 0 aliphatic rings. The summed E-state index contributed by atoms with van der Waals surface area (Å²) >= 11 is 0. The van der Waals surface area contributed by atoms with Crippen LogP contribution in [0.15, 0.2) is 24.3 Å². The molecular formula is C66H124O17P2. The fourth-order valence-electron chi connectivity index (χ4n) is 9.45. The number of unbranched alkanes of at least 4 members (excludes halogenated alkanes) is 36.